The number of hydrogen-bond donors (Lipinski definition) is 2. The van der Waals surface area contributed by atoms with Crippen LogP contribution in [-0.2, 0) is 13.1 Å². The Bertz CT molecular complexity index is 818. The molecule has 156 valence electrons. The lowest BCUT2D eigenvalue weighted by molar-refractivity contribution is 0.0939. The molecule has 0 aromatic heterocycles. The highest BCUT2D eigenvalue weighted by atomic mass is 16.5. The molecule has 0 aliphatic rings. The van der Waals surface area contributed by atoms with Gasteiger partial charge in [-0.2, -0.15) is 0 Å². The van der Waals surface area contributed by atoms with Crippen LogP contribution in [0.25, 0.3) is 0 Å². The van der Waals surface area contributed by atoms with E-state index in [1.54, 1.807) is 14.2 Å². The molecular weight excluding hydrogens is 364 g/mol. The highest BCUT2D eigenvalue weighted by molar-refractivity contribution is 5.94. The summed E-state index contributed by atoms with van der Waals surface area (Å²) in [4.78, 5) is 18.6. The summed E-state index contributed by atoms with van der Waals surface area (Å²) < 4.78 is 5.43. The minimum atomic E-state index is -0.0359. The van der Waals surface area contributed by atoms with Gasteiger partial charge in [0.2, 0.25) is 0 Å². The summed E-state index contributed by atoms with van der Waals surface area (Å²) in [7, 11) is 5.44. The fourth-order valence-corrected chi connectivity index (χ4v) is 2.91. The van der Waals surface area contributed by atoms with E-state index in [9.17, 15) is 4.79 Å². The van der Waals surface area contributed by atoms with Crippen molar-refractivity contribution >= 4 is 11.9 Å². The maximum Gasteiger partial charge on any atom is 0.251 e. The van der Waals surface area contributed by atoms with Gasteiger partial charge in [0.1, 0.15) is 5.75 Å². The Hall–Kier alpha value is -3.02. The predicted molar refractivity (Wildman–Crippen MR) is 118 cm³/mol. The molecule has 0 spiro atoms. The lowest BCUT2D eigenvalue weighted by atomic mass is 10.1. The van der Waals surface area contributed by atoms with Crippen LogP contribution in [0.15, 0.2) is 53.5 Å². The number of aliphatic imine (C=N–C) groups is 1. The first-order valence-electron chi connectivity index (χ1n) is 9.92. The number of benzene rings is 2. The number of nitrogens with zero attached hydrogens (tertiary/aromatic N) is 2. The number of hydrogen-bond acceptors (Lipinski definition) is 3. The number of ether oxygens (including phenoxy) is 1. The van der Waals surface area contributed by atoms with Crippen LogP contribution in [0.2, 0.25) is 0 Å². The summed E-state index contributed by atoms with van der Waals surface area (Å²) in [6.45, 7) is 5.36. The third kappa shape index (κ3) is 6.52. The number of rotatable bonds is 8. The molecule has 2 N–H and O–H groups in total. The molecule has 0 saturated carbocycles. The van der Waals surface area contributed by atoms with E-state index in [-0.39, 0.29) is 11.9 Å². The van der Waals surface area contributed by atoms with Gasteiger partial charge in [0.25, 0.3) is 5.91 Å². The lowest BCUT2D eigenvalue weighted by Crippen LogP contribution is -2.38. The molecule has 1 amide bonds. The average molecular weight is 397 g/mol. The fraction of sp³-hybridized carbons (Fsp3) is 0.391. The minimum Gasteiger partial charge on any atom is -0.496 e. The summed E-state index contributed by atoms with van der Waals surface area (Å²) in [5.41, 5.74) is 2.85. The van der Waals surface area contributed by atoms with E-state index in [1.165, 1.54) is 0 Å². The quantitative estimate of drug-likeness (QED) is 0.530. The van der Waals surface area contributed by atoms with Gasteiger partial charge in [0.05, 0.1) is 7.11 Å². The summed E-state index contributed by atoms with van der Waals surface area (Å²) in [5, 5.41) is 6.35. The molecule has 0 saturated heterocycles. The maximum absolute atomic E-state index is 12.2. The zero-order valence-corrected chi connectivity index (χ0v) is 18.0. The van der Waals surface area contributed by atoms with Crippen molar-refractivity contribution in [1.82, 2.24) is 15.5 Å². The van der Waals surface area contributed by atoms with Crippen molar-refractivity contribution < 1.29 is 9.53 Å². The van der Waals surface area contributed by atoms with E-state index in [4.69, 9.17) is 4.74 Å². The number of para-hydroxylation sites is 1. The first-order chi connectivity index (χ1) is 14.0. The largest absolute Gasteiger partial charge is 0.496 e. The molecule has 6 nitrogen and oxygen atoms in total. The minimum absolute atomic E-state index is 0.0359. The molecular formula is C23H32N4O2. The van der Waals surface area contributed by atoms with Gasteiger partial charge in [-0.3, -0.25) is 9.79 Å². The van der Waals surface area contributed by atoms with E-state index in [0.29, 0.717) is 18.7 Å². The molecule has 0 radical (unpaired) electrons. The summed E-state index contributed by atoms with van der Waals surface area (Å²) in [6.07, 6.45) is 0.912. The number of guanidine groups is 1. The molecule has 6 heteroatoms. The van der Waals surface area contributed by atoms with Gasteiger partial charge < -0.3 is 20.3 Å². The maximum atomic E-state index is 12.2. The van der Waals surface area contributed by atoms with Gasteiger partial charge in [0.15, 0.2) is 5.96 Å². The summed E-state index contributed by atoms with van der Waals surface area (Å²) >= 11 is 0. The monoisotopic (exact) mass is 396 g/mol. The van der Waals surface area contributed by atoms with E-state index >= 15 is 0 Å². The third-order valence-corrected chi connectivity index (χ3v) is 4.83. The number of methoxy groups -OCH3 is 1. The van der Waals surface area contributed by atoms with Crippen LogP contribution in [0.3, 0.4) is 0 Å². The topological polar surface area (TPSA) is 66.0 Å². The molecule has 0 aliphatic carbocycles. The number of nitrogens with one attached hydrogen (secondary N) is 2. The summed E-state index contributed by atoms with van der Waals surface area (Å²) in [5.74, 6) is 1.61. The van der Waals surface area contributed by atoms with Crippen molar-refractivity contribution in [3.8, 4) is 5.75 Å². The smallest absolute Gasteiger partial charge is 0.251 e. The highest BCUT2D eigenvalue weighted by Gasteiger charge is 2.11. The molecule has 2 aromatic rings. The lowest BCUT2D eigenvalue weighted by Gasteiger charge is -2.23. The number of amides is 1. The number of carbonyl (C=O) groups excluding carboxylic acids is 1. The van der Waals surface area contributed by atoms with E-state index < -0.39 is 0 Å². The summed E-state index contributed by atoms with van der Waals surface area (Å²) in [6, 6.07) is 15.8. The van der Waals surface area contributed by atoms with Crippen molar-refractivity contribution in [3.05, 3.63) is 65.2 Å². The predicted octanol–water partition coefficient (Wildman–Crippen LogP) is 3.43. The van der Waals surface area contributed by atoms with Crippen LogP contribution in [0.5, 0.6) is 5.75 Å². The Labute approximate surface area is 174 Å². The molecule has 29 heavy (non-hydrogen) atoms. The van der Waals surface area contributed by atoms with Crippen LogP contribution in [-0.4, -0.2) is 44.0 Å². The van der Waals surface area contributed by atoms with Crippen molar-refractivity contribution in [3.63, 3.8) is 0 Å². The second-order valence-electron chi connectivity index (χ2n) is 7.05. The SMILES string of the molecule is CCC(C)NC(=O)c1ccc(CNC(=NC)N(C)Cc2ccccc2OC)cc1. The van der Waals surface area contributed by atoms with Crippen LogP contribution in [0.4, 0.5) is 0 Å². The molecule has 0 bridgehead atoms. The second kappa shape index (κ2) is 11.1. The molecule has 2 aromatic carbocycles. The Morgan fingerprint density at radius 3 is 2.48 bits per heavy atom. The van der Waals surface area contributed by atoms with E-state index in [0.717, 1.165) is 29.3 Å². The standard InChI is InChI=1S/C23H32N4O2/c1-6-17(2)26-22(28)19-13-11-18(12-14-19)15-25-23(24-3)27(4)16-20-9-7-8-10-21(20)29-5/h7-14,17H,6,15-16H2,1-5H3,(H,24,25)(H,26,28). The average Bonchev–Trinajstić information content (AvgIpc) is 2.74. The number of carbonyl (C=O) groups is 1. The van der Waals surface area contributed by atoms with Gasteiger partial charge in [-0.1, -0.05) is 37.3 Å². The first kappa shape index (κ1) is 22.3. The third-order valence-electron chi connectivity index (χ3n) is 4.83. The van der Waals surface area contributed by atoms with Gasteiger partial charge in [-0.15, -0.1) is 0 Å². The van der Waals surface area contributed by atoms with Gasteiger partial charge in [-0.05, 0) is 37.1 Å². The normalized spacial score (nSPS) is 12.2. The van der Waals surface area contributed by atoms with Gasteiger partial charge in [0, 0.05) is 44.4 Å². The van der Waals surface area contributed by atoms with E-state index in [1.807, 2.05) is 67.4 Å². The zero-order valence-electron chi connectivity index (χ0n) is 18.0. The fourth-order valence-electron chi connectivity index (χ4n) is 2.91. The molecule has 0 heterocycles. The Morgan fingerprint density at radius 2 is 1.86 bits per heavy atom. The highest BCUT2D eigenvalue weighted by Crippen LogP contribution is 2.18. The Kier molecular flexibility index (Phi) is 8.52. The van der Waals surface area contributed by atoms with Crippen molar-refractivity contribution in [2.45, 2.75) is 39.4 Å². The van der Waals surface area contributed by atoms with Gasteiger partial charge in [-0.25, -0.2) is 0 Å². The molecule has 0 aliphatic heterocycles. The first-order valence-corrected chi connectivity index (χ1v) is 9.92. The van der Waals surface area contributed by atoms with Crippen LogP contribution >= 0.6 is 0 Å². The van der Waals surface area contributed by atoms with Crippen molar-refractivity contribution in [2.75, 3.05) is 21.2 Å². The van der Waals surface area contributed by atoms with Crippen LogP contribution in [0, 0.1) is 0 Å². The van der Waals surface area contributed by atoms with Gasteiger partial charge >= 0.3 is 0 Å². The molecule has 2 rings (SSSR count). The second-order valence-corrected chi connectivity index (χ2v) is 7.05. The Balaban J connectivity index is 1.94. The van der Waals surface area contributed by atoms with Crippen LogP contribution in [0.1, 0.15) is 41.8 Å². The molecule has 0 fully saturated rings. The van der Waals surface area contributed by atoms with E-state index in [2.05, 4.69) is 22.5 Å². The van der Waals surface area contributed by atoms with Crippen LogP contribution < -0.4 is 15.4 Å². The molecule has 1 unspecified atom stereocenters. The van der Waals surface area contributed by atoms with Crippen molar-refractivity contribution in [1.29, 1.82) is 0 Å². The zero-order chi connectivity index (χ0) is 21.2. The molecule has 1 atom stereocenters. The van der Waals surface area contributed by atoms with Crippen molar-refractivity contribution in [2.24, 2.45) is 4.99 Å². The Morgan fingerprint density at radius 1 is 1.17 bits per heavy atom.